The number of hydrogen-bond donors (Lipinski definition) is 1. The Labute approximate surface area is 203 Å². The summed E-state index contributed by atoms with van der Waals surface area (Å²) in [6, 6.07) is 10.3. The number of carbonyl (C=O) groups excluding carboxylic acids is 2. The Bertz CT molecular complexity index is 1240. The molecular formula is C25H27ClN4O2S. The van der Waals surface area contributed by atoms with E-state index in [1.54, 1.807) is 34.6 Å². The van der Waals surface area contributed by atoms with Crippen LogP contribution in [0.1, 0.15) is 34.4 Å². The summed E-state index contributed by atoms with van der Waals surface area (Å²) in [5.41, 5.74) is 3.09. The predicted octanol–water partition coefficient (Wildman–Crippen LogP) is 4.61. The van der Waals surface area contributed by atoms with Gasteiger partial charge in [0.25, 0.3) is 0 Å². The fraction of sp³-hybridized carbons (Fsp3) is 0.320. The van der Waals surface area contributed by atoms with Gasteiger partial charge in [0.05, 0.1) is 12.6 Å². The van der Waals surface area contributed by atoms with Crippen molar-refractivity contribution in [3.8, 4) is 0 Å². The minimum Gasteiger partial charge on any atom is -0.337 e. The Balaban J connectivity index is 0.00000259. The Morgan fingerprint density at radius 3 is 3.00 bits per heavy atom. The molecule has 6 nitrogen and oxygen atoms in total. The number of hydrogen-bond acceptors (Lipinski definition) is 5. The lowest BCUT2D eigenvalue weighted by molar-refractivity contribution is -0.125. The van der Waals surface area contributed by atoms with Crippen LogP contribution < -0.4 is 5.32 Å². The number of thiophene rings is 1. The van der Waals surface area contributed by atoms with Gasteiger partial charge in [0.2, 0.25) is 11.8 Å². The van der Waals surface area contributed by atoms with Crippen molar-refractivity contribution in [3.05, 3.63) is 64.2 Å². The first-order chi connectivity index (χ1) is 15.5. The van der Waals surface area contributed by atoms with Crippen molar-refractivity contribution in [1.29, 1.82) is 0 Å². The quantitative estimate of drug-likeness (QED) is 0.551. The number of pyridine rings is 1. The number of rotatable bonds is 4. The topological polar surface area (TPSA) is 65.5 Å². The third kappa shape index (κ3) is 4.67. The molecule has 2 aromatic heterocycles. The van der Waals surface area contributed by atoms with E-state index in [0.717, 1.165) is 30.5 Å². The second kappa shape index (κ2) is 9.63. The average molecular weight is 483 g/mol. The highest BCUT2D eigenvalue weighted by Crippen LogP contribution is 2.31. The molecule has 1 atom stereocenters. The van der Waals surface area contributed by atoms with Gasteiger partial charge in [0, 0.05) is 41.0 Å². The monoisotopic (exact) mass is 482 g/mol. The van der Waals surface area contributed by atoms with E-state index in [9.17, 15) is 9.59 Å². The molecule has 1 saturated heterocycles. The number of benzene rings is 1. The molecule has 0 radical (unpaired) electrons. The van der Waals surface area contributed by atoms with Crippen molar-refractivity contribution in [2.45, 2.75) is 38.9 Å². The predicted molar refractivity (Wildman–Crippen MR) is 136 cm³/mol. The minimum absolute atomic E-state index is 0. The van der Waals surface area contributed by atoms with Crippen LogP contribution in [0.25, 0.3) is 16.2 Å². The highest BCUT2D eigenvalue weighted by atomic mass is 35.5. The molecule has 1 aromatic carbocycles. The second-order valence-corrected chi connectivity index (χ2v) is 9.70. The Hall–Kier alpha value is -2.74. The van der Waals surface area contributed by atoms with Crippen molar-refractivity contribution in [3.63, 3.8) is 0 Å². The number of aromatic nitrogens is 1. The van der Waals surface area contributed by atoms with Crippen LogP contribution in [0.15, 0.2) is 42.6 Å². The molecule has 2 aliphatic rings. The molecular weight excluding hydrogens is 456 g/mol. The van der Waals surface area contributed by atoms with E-state index >= 15 is 0 Å². The van der Waals surface area contributed by atoms with Crippen LogP contribution in [0, 0.1) is 6.92 Å². The molecule has 2 amide bonds. The third-order valence-electron chi connectivity index (χ3n) is 6.39. The molecule has 0 saturated carbocycles. The number of anilines is 1. The van der Waals surface area contributed by atoms with Gasteiger partial charge in [-0.1, -0.05) is 18.2 Å². The lowest BCUT2D eigenvalue weighted by atomic mass is 10.1. The standard InChI is InChI=1S/C25H26N4O2S.ClH/c1-16-19-6-3-4-8-21(19)32-22(16)15-28(2)23(30)10-9-17-12-18-14-29-11-5-7-20(29)25(31)27-24(18)26-13-17;/h3-4,6,8-10,12-13,20H,5,7,11,14-15H2,1-2H3,(H,26,27,31);1H/b10-9+;/t20-;/m1./s1. The molecule has 2 aliphatic heterocycles. The first-order valence-electron chi connectivity index (χ1n) is 10.9. The van der Waals surface area contributed by atoms with Gasteiger partial charge in [-0.25, -0.2) is 4.98 Å². The second-order valence-electron chi connectivity index (χ2n) is 8.57. The maximum Gasteiger partial charge on any atom is 0.246 e. The molecule has 0 aliphatic carbocycles. The Morgan fingerprint density at radius 2 is 2.18 bits per heavy atom. The van der Waals surface area contributed by atoms with Gasteiger partial charge >= 0.3 is 0 Å². The number of aryl methyl sites for hydroxylation is 1. The maximum absolute atomic E-state index is 12.7. The number of halogens is 1. The van der Waals surface area contributed by atoms with E-state index in [2.05, 4.69) is 34.3 Å². The molecule has 3 aromatic rings. The summed E-state index contributed by atoms with van der Waals surface area (Å²) in [6.07, 6.45) is 7.04. The van der Waals surface area contributed by atoms with E-state index in [0.29, 0.717) is 18.9 Å². The molecule has 172 valence electrons. The summed E-state index contributed by atoms with van der Waals surface area (Å²) in [5, 5.41) is 4.21. The normalized spacial score (nSPS) is 17.9. The van der Waals surface area contributed by atoms with Crippen LogP contribution in [-0.4, -0.2) is 46.2 Å². The third-order valence-corrected chi connectivity index (χ3v) is 7.64. The van der Waals surface area contributed by atoms with E-state index < -0.39 is 0 Å². The zero-order chi connectivity index (χ0) is 22.2. The van der Waals surface area contributed by atoms with Gasteiger partial charge in [0.1, 0.15) is 5.82 Å². The van der Waals surface area contributed by atoms with Crippen molar-refractivity contribution in [2.75, 3.05) is 18.9 Å². The van der Waals surface area contributed by atoms with Crippen molar-refractivity contribution in [1.82, 2.24) is 14.8 Å². The van der Waals surface area contributed by atoms with E-state index in [-0.39, 0.29) is 30.3 Å². The van der Waals surface area contributed by atoms with Crippen molar-refractivity contribution < 1.29 is 9.59 Å². The van der Waals surface area contributed by atoms with Gasteiger partial charge in [0.15, 0.2) is 0 Å². The number of carbonyl (C=O) groups is 2. The van der Waals surface area contributed by atoms with Crippen LogP contribution in [0.2, 0.25) is 0 Å². The minimum atomic E-state index is -0.0595. The van der Waals surface area contributed by atoms with Gasteiger partial charge < -0.3 is 10.2 Å². The molecule has 1 fully saturated rings. The van der Waals surface area contributed by atoms with Gasteiger partial charge in [-0.15, -0.1) is 23.7 Å². The molecule has 33 heavy (non-hydrogen) atoms. The zero-order valence-corrected chi connectivity index (χ0v) is 20.3. The number of amides is 2. The molecule has 0 unspecified atom stereocenters. The fourth-order valence-corrected chi connectivity index (χ4v) is 5.81. The lowest BCUT2D eigenvalue weighted by Gasteiger charge is -2.19. The van der Waals surface area contributed by atoms with E-state index in [1.165, 1.54) is 20.5 Å². The first kappa shape index (κ1) is 23.4. The summed E-state index contributed by atoms with van der Waals surface area (Å²) in [4.78, 5) is 34.8. The molecule has 1 N–H and O–H groups in total. The molecule has 5 rings (SSSR count). The SMILES string of the molecule is Cc1c(CN(C)C(=O)/C=C/c2cnc3c(c2)CN2CCC[C@@H]2C(=O)N3)sc2ccccc12.Cl. The highest BCUT2D eigenvalue weighted by Gasteiger charge is 2.34. The maximum atomic E-state index is 12.7. The zero-order valence-electron chi connectivity index (χ0n) is 18.7. The fourth-order valence-electron chi connectivity index (χ4n) is 4.55. The summed E-state index contributed by atoms with van der Waals surface area (Å²) in [6.45, 7) is 4.33. The van der Waals surface area contributed by atoms with Crippen LogP contribution in [-0.2, 0) is 22.7 Å². The lowest BCUT2D eigenvalue weighted by Crippen LogP contribution is -2.36. The van der Waals surface area contributed by atoms with Crippen LogP contribution in [0.5, 0.6) is 0 Å². The number of likely N-dealkylation sites (N-methyl/N-ethyl adjacent to an activating group) is 1. The molecule has 0 bridgehead atoms. The van der Waals surface area contributed by atoms with Crippen LogP contribution in [0.3, 0.4) is 0 Å². The van der Waals surface area contributed by atoms with Gasteiger partial charge in [-0.05, 0) is 61.0 Å². The highest BCUT2D eigenvalue weighted by molar-refractivity contribution is 7.19. The van der Waals surface area contributed by atoms with E-state index in [1.807, 2.05) is 25.2 Å². The smallest absolute Gasteiger partial charge is 0.246 e. The molecule has 8 heteroatoms. The van der Waals surface area contributed by atoms with Crippen LogP contribution in [0.4, 0.5) is 5.82 Å². The van der Waals surface area contributed by atoms with Crippen molar-refractivity contribution >= 4 is 57.5 Å². The van der Waals surface area contributed by atoms with Gasteiger partial charge in [-0.3, -0.25) is 14.5 Å². The van der Waals surface area contributed by atoms with E-state index in [4.69, 9.17) is 0 Å². The Kier molecular flexibility index (Phi) is 6.83. The summed E-state index contributed by atoms with van der Waals surface area (Å²) >= 11 is 1.74. The van der Waals surface area contributed by atoms with Gasteiger partial charge in [-0.2, -0.15) is 0 Å². The number of nitrogens with zero attached hydrogens (tertiary/aromatic N) is 3. The summed E-state index contributed by atoms with van der Waals surface area (Å²) in [5.74, 6) is 0.611. The molecule has 4 heterocycles. The van der Waals surface area contributed by atoms with Crippen molar-refractivity contribution in [2.24, 2.45) is 0 Å². The van der Waals surface area contributed by atoms with Crippen LogP contribution >= 0.6 is 23.7 Å². The first-order valence-corrected chi connectivity index (χ1v) is 11.8. The average Bonchev–Trinajstić information content (AvgIpc) is 3.35. The number of fused-ring (bicyclic) bond motifs is 3. The summed E-state index contributed by atoms with van der Waals surface area (Å²) < 4.78 is 1.25. The Morgan fingerprint density at radius 1 is 1.36 bits per heavy atom. The number of nitrogens with one attached hydrogen (secondary N) is 1. The largest absolute Gasteiger partial charge is 0.337 e. The summed E-state index contributed by atoms with van der Waals surface area (Å²) in [7, 11) is 1.83. The molecule has 0 spiro atoms.